The van der Waals surface area contributed by atoms with E-state index in [0.717, 1.165) is 0 Å². The number of rotatable bonds is 5. The van der Waals surface area contributed by atoms with E-state index >= 15 is 0 Å². The van der Waals surface area contributed by atoms with Crippen LogP contribution in [0.2, 0.25) is 5.02 Å². The molecule has 0 atom stereocenters. The summed E-state index contributed by atoms with van der Waals surface area (Å²) in [5.41, 5.74) is 0.410. The number of carbonyl (C=O) groups is 3. The van der Waals surface area contributed by atoms with E-state index in [1.54, 1.807) is 24.3 Å². The molecule has 0 heterocycles. The Balaban J connectivity index is 2.34. The summed E-state index contributed by atoms with van der Waals surface area (Å²) in [6.45, 7) is -0.823. The molecule has 0 unspecified atom stereocenters. The Morgan fingerprint density at radius 3 is 2.42 bits per heavy atom. The van der Waals surface area contributed by atoms with Crippen LogP contribution in [0.5, 0.6) is 0 Å². The Hall–Kier alpha value is -2.28. The average molecular weight is 286 g/mol. The predicted molar refractivity (Wildman–Crippen MR) is 69.1 cm³/mol. The molecule has 1 aromatic carbocycles. The summed E-state index contributed by atoms with van der Waals surface area (Å²) in [4.78, 5) is 32.7. The topological polar surface area (TPSA) is 108 Å². The van der Waals surface area contributed by atoms with Crippen molar-refractivity contribution in [3.8, 4) is 0 Å². The molecule has 0 aromatic heterocycles. The summed E-state index contributed by atoms with van der Waals surface area (Å²) < 4.78 is 0. The zero-order valence-corrected chi connectivity index (χ0v) is 10.5. The number of amides is 3. The highest BCUT2D eigenvalue weighted by molar-refractivity contribution is 6.33. The molecule has 1 rings (SSSR count). The first-order chi connectivity index (χ1) is 8.99. The molecule has 0 bridgehead atoms. The van der Waals surface area contributed by atoms with E-state index < -0.39 is 24.5 Å². The molecule has 0 aliphatic carbocycles. The molecule has 7 nitrogen and oxygen atoms in total. The Labute approximate surface area is 113 Å². The number of urea groups is 1. The molecule has 3 amide bonds. The predicted octanol–water partition coefficient (Wildman–Crippen LogP) is 0.662. The van der Waals surface area contributed by atoms with Crippen molar-refractivity contribution in [1.82, 2.24) is 10.6 Å². The third kappa shape index (κ3) is 5.73. The number of carboxylic acids is 1. The second-order valence-corrected chi connectivity index (χ2v) is 3.87. The normalized spacial score (nSPS) is 9.53. The summed E-state index contributed by atoms with van der Waals surface area (Å²) >= 11 is 5.83. The lowest BCUT2D eigenvalue weighted by Gasteiger charge is -2.08. The molecule has 8 heteroatoms. The maximum atomic E-state index is 11.4. The van der Waals surface area contributed by atoms with Crippen molar-refractivity contribution in [3.05, 3.63) is 29.3 Å². The van der Waals surface area contributed by atoms with Crippen LogP contribution in [-0.4, -0.2) is 36.1 Å². The van der Waals surface area contributed by atoms with E-state index in [2.05, 4.69) is 16.0 Å². The number of halogens is 1. The maximum absolute atomic E-state index is 11.4. The van der Waals surface area contributed by atoms with Crippen LogP contribution < -0.4 is 16.0 Å². The van der Waals surface area contributed by atoms with Crippen LogP contribution in [0.1, 0.15) is 0 Å². The number of hydrogen-bond acceptors (Lipinski definition) is 3. The molecule has 0 fully saturated rings. The monoisotopic (exact) mass is 285 g/mol. The molecule has 0 saturated carbocycles. The molecular formula is C11H12ClN3O4. The fourth-order valence-electron chi connectivity index (χ4n) is 1.13. The number of para-hydroxylation sites is 1. The molecule has 102 valence electrons. The van der Waals surface area contributed by atoms with Crippen molar-refractivity contribution in [2.24, 2.45) is 0 Å². The SMILES string of the molecule is O=C(O)CNC(=O)CNC(=O)Nc1ccccc1Cl. The van der Waals surface area contributed by atoms with Crippen molar-refractivity contribution < 1.29 is 19.5 Å². The fourth-order valence-corrected chi connectivity index (χ4v) is 1.31. The largest absolute Gasteiger partial charge is 0.480 e. The minimum atomic E-state index is -1.16. The van der Waals surface area contributed by atoms with Gasteiger partial charge in [0.15, 0.2) is 0 Å². The Morgan fingerprint density at radius 2 is 1.79 bits per heavy atom. The lowest BCUT2D eigenvalue weighted by Crippen LogP contribution is -2.40. The lowest BCUT2D eigenvalue weighted by molar-refractivity contribution is -0.137. The third-order valence-corrected chi connectivity index (χ3v) is 2.30. The highest BCUT2D eigenvalue weighted by Gasteiger charge is 2.07. The van der Waals surface area contributed by atoms with Gasteiger partial charge in [0, 0.05) is 0 Å². The number of carboxylic acid groups (broad SMARTS) is 1. The van der Waals surface area contributed by atoms with Crippen LogP contribution in [0.25, 0.3) is 0 Å². The highest BCUT2D eigenvalue weighted by atomic mass is 35.5. The number of benzene rings is 1. The molecule has 0 spiro atoms. The molecule has 0 radical (unpaired) electrons. The Morgan fingerprint density at radius 1 is 1.11 bits per heavy atom. The van der Waals surface area contributed by atoms with Gasteiger partial charge in [-0.25, -0.2) is 4.79 Å². The number of nitrogens with one attached hydrogen (secondary N) is 3. The zero-order chi connectivity index (χ0) is 14.3. The average Bonchev–Trinajstić information content (AvgIpc) is 2.36. The number of hydrogen-bond donors (Lipinski definition) is 4. The van der Waals surface area contributed by atoms with E-state index in [0.29, 0.717) is 10.7 Å². The van der Waals surface area contributed by atoms with Crippen LogP contribution in [0.15, 0.2) is 24.3 Å². The summed E-state index contributed by atoms with van der Waals surface area (Å²) in [7, 11) is 0. The van der Waals surface area contributed by atoms with Gasteiger partial charge in [-0.3, -0.25) is 9.59 Å². The molecule has 0 aliphatic heterocycles. The van der Waals surface area contributed by atoms with Crippen LogP contribution in [0.3, 0.4) is 0 Å². The van der Waals surface area contributed by atoms with Gasteiger partial charge >= 0.3 is 12.0 Å². The highest BCUT2D eigenvalue weighted by Crippen LogP contribution is 2.19. The van der Waals surface area contributed by atoms with Gasteiger partial charge in [-0.05, 0) is 12.1 Å². The van der Waals surface area contributed by atoms with E-state index in [9.17, 15) is 14.4 Å². The summed E-state index contributed by atoms with van der Waals surface area (Å²) in [6, 6.07) is 6.01. The second-order valence-electron chi connectivity index (χ2n) is 3.46. The van der Waals surface area contributed by atoms with Crippen molar-refractivity contribution in [1.29, 1.82) is 0 Å². The van der Waals surface area contributed by atoms with E-state index in [1.807, 2.05) is 0 Å². The van der Waals surface area contributed by atoms with E-state index in [-0.39, 0.29) is 6.54 Å². The zero-order valence-electron chi connectivity index (χ0n) is 9.77. The summed E-state index contributed by atoms with van der Waals surface area (Å²) in [6.07, 6.45) is 0. The fraction of sp³-hybridized carbons (Fsp3) is 0.182. The lowest BCUT2D eigenvalue weighted by atomic mass is 10.3. The summed E-state index contributed by atoms with van der Waals surface area (Å²) in [5, 5.41) is 15.5. The van der Waals surface area contributed by atoms with Crippen molar-refractivity contribution >= 4 is 35.2 Å². The molecule has 4 N–H and O–H groups in total. The van der Waals surface area contributed by atoms with Gasteiger partial charge in [-0.2, -0.15) is 0 Å². The van der Waals surface area contributed by atoms with Crippen molar-refractivity contribution in [2.45, 2.75) is 0 Å². The minimum Gasteiger partial charge on any atom is -0.480 e. The van der Waals surface area contributed by atoms with E-state index in [1.165, 1.54) is 0 Å². The first-order valence-corrected chi connectivity index (χ1v) is 5.64. The molecular weight excluding hydrogens is 274 g/mol. The van der Waals surface area contributed by atoms with Gasteiger partial charge in [-0.1, -0.05) is 23.7 Å². The standard InChI is InChI=1S/C11H12ClN3O4/c12-7-3-1-2-4-8(7)15-11(19)14-5-9(16)13-6-10(17)18/h1-4H,5-6H2,(H,13,16)(H,17,18)(H2,14,15,19). The molecule has 0 saturated heterocycles. The minimum absolute atomic E-state index is 0.330. The van der Waals surface area contributed by atoms with Crippen molar-refractivity contribution in [3.63, 3.8) is 0 Å². The van der Waals surface area contributed by atoms with Crippen LogP contribution in [-0.2, 0) is 9.59 Å². The Bertz CT molecular complexity index is 493. The van der Waals surface area contributed by atoms with Crippen molar-refractivity contribution in [2.75, 3.05) is 18.4 Å². The first-order valence-electron chi connectivity index (χ1n) is 5.27. The van der Waals surface area contributed by atoms with Gasteiger partial charge in [-0.15, -0.1) is 0 Å². The third-order valence-electron chi connectivity index (χ3n) is 1.97. The quantitative estimate of drug-likeness (QED) is 0.637. The molecule has 0 aliphatic rings. The first kappa shape index (κ1) is 14.8. The number of aliphatic carboxylic acids is 1. The van der Waals surface area contributed by atoms with E-state index in [4.69, 9.17) is 16.7 Å². The number of anilines is 1. The maximum Gasteiger partial charge on any atom is 0.322 e. The smallest absolute Gasteiger partial charge is 0.322 e. The Kier molecular flexibility index (Phi) is 5.62. The molecule has 19 heavy (non-hydrogen) atoms. The van der Waals surface area contributed by atoms with Gasteiger partial charge in [0.25, 0.3) is 0 Å². The van der Waals surface area contributed by atoms with Gasteiger partial charge in [0.2, 0.25) is 5.91 Å². The van der Waals surface area contributed by atoms with Crippen LogP contribution >= 0.6 is 11.6 Å². The van der Waals surface area contributed by atoms with Gasteiger partial charge in [0.1, 0.15) is 6.54 Å². The number of carbonyl (C=O) groups excluding carboxylic acids is 2. The second kappa shape index (κ2) is 7.22. The van der Waals surface area contributed by atoms with Crippen LogP contribution in [0, 0.1) is 0 Å². The summed E-state index contributed by atoms with van der Waals surface area (Å²) in [5.74, 6) is -1.76. The van der Waals surface area contributed by atoms with Gasteiger partial charge < -0.3 is 21.1 Å². The molecule has 1 aromatic rings. The van der Waals surface area contributed by atoms with Crippen LogP contribution in [0.4, 0.5) is 10.5 Å². The van der Waals surface area contributed by atoms with Gasteiger partial charge in [0.05, 0.1) is 17.3 Å².